The van der Waals surface area contributed by atoms with Gasteiger partial charge in [-0.2, -0.15) is 13.2 Å². The van der Waals surface area contributed by atoms with E-state index < -0.39 is 57.3 Å². The van der Waals surface area contributed by atoms with Gasteiger partial charge in [0, 0.05) is 11.6 Å². The minimum Gasteiger partial charge on any atom is -0.484 e. The van der Waals surface area contributed by atoms with Crippen LogP contribution in [0.3, 0.4) is 0 Å². The molecule has 196 valence electrons. The predicted octanol–water partition coefficient (Wildman–Crippen LogP) is 3.79. The van der Waals surface area contributed by atoms with Crippen molar-refractivity contribution in [1.82, 2.24) is 10.0 Å². The Kier molecular flexibility index (Phi) is 7.01. The lowest BCUT2D eigenvalue weighted by Crippen LogP contribution is -2.70. The van der Waals surface area contributed by atoms with Gasteiger partial charge in [0.05, 0.1) is 27.1 Å². The number of hydrogen-bond donors (Lipinski definition) is 3. The SMILES string of the molecule is O=C(COc1ccc(Cl)c(F)c1)NC12CCC(NS(=O)(=O)c3ccc(C(F)(F)F)cc3)(CC1)[C@@H](O)C2. The van der Waals surface area contributed by atoms with Gasteiger partial charge in [-0.05, 0) is 68.5 Å². The largest absolute Gasteiger partial charge is 0.484 e. The number of benzene rings is 2. The van der Waals surface area contributed by atoms with Crippen molar-refractivity contribution < 1.29 is 40.6 Å². The Bertz CT molecular complexity index is 1250. The summed E-state index contributed by atoms with van der Waals surface area (Å²) in [6.07, 6.45) is -4.53. The summed E-state index contributed by atoms with van der Waals surface area (Å²) in [5.74, 6) is -1.06. The molecule has 7 nitrogen and oxygen atoms in total. The Morgan fingerprint density at radius 3 is 2.31 bits per heavy atom. The number of carbonyl (C=O) groups excluding carboxylic acids is 1. The summed E-state index contributed by atoms with van der Waals surface area (Å²) in [5, 5.41) is 13.6. The van der Waals surface area contributed by atoms with E-state index in [1.165, 1.54) is 12.1 Å². The number of aliphatic hydroxyl groups excluding tert-OH is 1. The molecular formula is C23H23ClF4N2O5S. The van der Waals surface area contributed by atoms with Crippen LogP contribution < -0.4 is 14.8 Å². The molecule has 2 aromatic carbocycles. The second kappa shape index (κ2) is 9.47. The number of rotatable bonds is 7. The summed E-state index contributed by atoms with van der Waals surface area (Å²) >= 11 is 5.62. The van der Waals surface area contributed by atoms with E-state index in [2.05, 4.69) is 10.0 Å². The predicted molar refractivity (Wildman–Crippen MR) is 121 cm³/mol. The zero-order valence-corrected chi connectivity index (χ0v) is 20.3. The van der Waals surface area contributed by atoms with Crippen molar-refractivity contribution in [3.05, 3.63) is 58.9 Å². The molecule has 0 radical (unpaired) electrons. The zero-order valence-electron chi connectivity index (χ0n) is 18.7. The Labute approximate surface area is 209 Å². The minimum atomic E-state index is -4.60. The smallest absolute Gasteiger partial charge is 0.416 e. The molecule has 0 unspecified atom stereocenters. The molecule has 0 saturated heterocycles. The van der Waals surface area contributed by atoms with Crippen molar-refractivity contribution in [3.63, 3.8) is 0 Å². The fraction of sp³-hybridized carbons (Fsp3) is 0.435. The molecule has 3 N–H and O–H groups in total. The van der Waals surface area contributed by atoms with E-state index >= 15 is 0 Å². The molecular weight excluding hydrogens is 528 g/mol. The van der Waals surface area contributed by atoms with Crippen molar-refractivity contribution in [1.29, 1.82) is 0 Å². The number of alkyl halides is 3. The van der Waals surface area contributed by atoms with Gasteiger partial charge >= 0.3 is 6.18 Å². The van der Waals surface area contributed by atoms with E-state index in [-0.39, 0.29) is 34.9 Å². The highest BCUT2D eigenvalue weighted by molar-refractivity contribution is 7.89. The van der Waals surface area contributed by atoms with Crippen LogP contribution in [0, 0.1) is 5.82 Å². The lowest BCUT2D eigenvalue weighted by Gasteiger charge is -2.56. The normalized spacial score (nSPS) is 26.0. The highest BCUT2D eigenvalue weighted by Crippen LogP contribution is 2.47. The van der Waals surface area contributed by atoms with Gasteiger partial charge in [-0.25, -0.2) is 17.5 Å². The first-order valence-electron chi connectivity index (χ1n) is 11.0. The molecule has 13 heteroatoms. The summed E-state index contributed by atoms with van der Waals surface area (Å²) in [4.78, 5) is 12.1. The van der Waals surface area contributed by atoms with Crippen LogP contribution in [-0.4, -0.2) is 43.2 Å². The maximum absolute atomic E-state index is 13.5. The maximum Gasteiger partial charge on any atom is 0.416 e. The van der Waals surface area contributed by atoms with E-state index in [0.717, 1.165) is 18.2 Å². The van der Waals surface area contributed by atoms with Crippen molar-refractivity contribution in [3.8, 4) is 5.75 Å². The van der Waals surface area contributed by atoms with Gasteiger partial charge in [0.2, 0.25) is 10.0 Å². The Balaban J connectivity index is 1.38. The van der Waals surface area contributed by atoms with Crippen molar-refractivity contribution >= 4 is 27.5 Å². The summed E-state index contributed by atoms with van der Waals surface area (Å²) in [6.45, 7) is -0.398. The highest BCUT2D eigenvalue weighted by atomic mass is 35.5. The molecule has 0 aromatic heterocycles. The molecule has 2 aromatic rings. The number of nitrogens with one attached hydrogen (secondary N) is 2. The monoisotopic (exact) mass is 550 g/mol. The second-order valence-corrected chi connectivity index (χ2v) is 11.3. The van der Waals surface area contributed by atoms with E-state index in [1.54, 1.807) is 0 Å². The van der Waals surface area contributed by atoms with Gasteiger partial charge in [-0.3, -0.25) is 4.79 Å². The molecule has 36 heavy (non-hydrogen) atoms. The number of ether oxygens (including phenoxy) is 1. The third kappa shape index (κ3) is 5.46. The standard InChI is InChI=1S/C23H23ClF4N2O5S/c24-17-6-3-15(11-18(17)25)35-13-20(32)29-21-7-9-22(10-8-21,19(31)12-21)30-36(33,34)16-4-1-14(2-5-16)23(26,27)28/h1-6,11,19,30-31H,7-10,12-13H2,(H,29,32)/t19-,21?,22?/m0/s1. The number of aliphatic hydroxyl groups is 1. The quantitative estimate of drug-likeness (QED) is 0.455. The molecule has 0 aliphatic heterocycles. The van der Waals surface area contributed by atoms with E-state index in [9.17, 15) is 35.9 Å². The van der Waals surface area contributed by atoms with Gasteiger partial charge in [0.15, 0.2) is 6.61 Å². The average Bonchev–Trinajstić information content (AvgIpc) is 2.80. The maximum atomic E-state index is 13.5. The Morgan fingerprint density at radius 1 is 1.11 bits per heavy atom. The first-order valence-corrected chi connectivity index (χ1v) is 12.9. The molecule has 3 fully saturated rings. The van der Waals surface area contributed by atoms with Crippen LogP contribution in [-0.2, 0) is 21.0 Å². The van der Waals surface area contributed by atoms with Gasteiger partial charge in [-0.1, -0.05) is 11.6 Å². The zero-order chi connectivity index (χ0) is 26.4. The molecule has 0 heterocycles. The van der Waals surface area contributed by atoms with Crippen LogP contribution in [0.4, 0.5) is 17.6 Å². The first-order chi connectivity index (χ1) is 16.7. The van der Waals surface area contributed by atoms with Crippen molar-refractivity contribution in [2.45, 2.75) is 60.4 Å². The van der Waals surface area contributed by atoms with Crippen LogP contribution in [0.2, 0.25) is 5.02 Å². The lowest BCUT2D eigenvalue weighted by atomic mass is 9.60. The lowest BCUT2D eigenvalue weighted by molar-refractivity contribution is -0.137. The van der Waals surface area contributed by atoms with E-state index in [0.29, 0.717) is 25.0 Å². The number of fused-ring (bicyclic) bond motifs is 3. The molecule has 5 rings (SSSR count). The molecule has 1 atom stereocenters. The molecule has 3 saturated carbocycles. The summed E-state index contributed by atoms with van der Waals surface area (Å²) in [6, 6.07) is 6.88. The Hall–Kier alpha value is -2.41. The third-order valence-electron chi connectivity index (χ3n) is 6.82. The molecule has 3 aliphatic rings. The number of hydrogen-bond acceptors (Lipinski definition) is 5. The molecule has 2 bridgehead atoms. The fourth-order valence-corrected chi connectivity index (χ4v) is 6.43. The summed E-state index contributed by atoms with van der Waals surface area (Å²) in [7, 11) is -4.21. The van der Waals surface area contributed by atoms with Crippen LogP contribution in [0.5, 0.6) is 5.75 Å². The number of carbonyl (C=O) groups is 1. The van der Waals surface area contributed by atoms with Crippen molar-refractivity contribution in [2.75, 3.05) is 6.61 Å². The van der Waals surface area contributed by atoms with Gasteiger partial charge in [0.25, 0.3) is 5.91 Å². The van der Waals surface area contributed by atoms with Gasteiger partial charge in [0.1, 0.15) is 11.6 Å². The molecule has 0 spiro atoms. The Morgan fingerprint density at radius 2 is 1.75 bits per heavy atom. The van der Waals surface area contributed by atoms with Crippen LogP contribution >= 0.6 is 11.6 Å². The highest BCUT2D eigenvalue weighted by Gasteiger charge is 2.56. The van der Waals surface area contributed by atoms with E-state index in [1.807, 2.05) is 0 Å². The number of sulfonamides is 1. The van der Waals surface area contributed by atoms with Crippen LogP contribution in [0.1, 0.15) is 37.7 Å². The van der Waals surface area contributed by atoms with E-state index in [4.69, 9.17) is 16.3 Å². The van der Waals surface area contributed by atoms with Crippen molar-refractivity contribution in [2.24, 2.45) is 0 Å². The third-order valence-corrected chi connectivity index (χ3v) is 8.69. The van der Waals surface area contributed by atoms with Crippen LogP contribution in [0.15, 0.2) is 47.4 Å². The van der Waals surface area contributed by atoms with Gasteiger partial charge in [-0.15, -0.1) is 0 Å². The van der Waals surface area contributed by atoms with Gasteiger partial charge < -0.3 is 15.2 Å². The summed E-state index contributed by atoms with van der Waals surface area (Å²) < 4.78 is 85.5. The summed E-state index contributed by atoms with van der Waals surface area (Å²) in [5.41, 5.74) is -2.95. The number of halogens is 5. The topological polar surface area (TPSA) is 105 Å². The first kappa shape index (κ1) is 26.6. The molecule has 1 amide bonds. The average molecular weight is 551 g/mol. The minimum absolute atomic E-state index is 0.0733. The van der Waals surface area contributed by atoms with Crippen LogP contribution in [0.25, 0.3) is 0 Å². The number of amides is 1. The molecule has 3 aliphatic carbocycles. The fourth-order valence-electron chi connectivity index (χ4n) is 4.82. The second-order valence-electron chi connectivity index (χ2n) is 9.20.